The van der Waals surface area contributed by atoms with E-state index in [0.717, 1.165) is 31.2 Å². The Morgan fingerprint density at radius 3 is 2.16 bits per heavy atom. The summed E-state index contributed by atoms with van der Waals surface area (Å²) >= 11 is 5.94. The highest BCUT2D eigenvalue weighted by Crippen LogP contribution is 2.27. The van der Waals surface area contributed by atoms with Crippen LogP contribution < -0.4 is 5.73 Å². The third-order valence-corrected chi connectivity index (χ3v) is 5.65. The largest absolute Gasteiger partial charge is 0.368 e. The van der Waals surface area contributed by atoms with Gasteiger partial charge in [0, 0.05) is 37.1 Å². The van der Waals surface area contributed by atoms with Crippen LogP contribution in [0.5, 0.6) is 0 Å². The maximum absolute atomic E-state index is 12.7. The maximum Gasteiger partial charge on any atom is 0.239 e. The van der Waals surface area contributed by atoms with Crippen molar-refractivity contribution >= 4 is 23.4 Å². The second kappa shape index (κ2) is 8.19. The minimum atomic E-state index is -0.468. The first kappa shape index (κ1) is 18.2. The van der Waals surface area contributed by atoms with Crippen LogP contribution in [0, 0.1) is 5.92 Å². The molecular formula is C19H26ClN3O2. The van der Waals surface area contributed by atoms with Crippen molar-refractivity contribution in [2.75, 3.05) is 26.2 Å². The number of rotatable bonds is 4. The molecule has 136 valence electrons. The molecule has 1 saturated carbocycles. The van der Waals surface area contributed by atoms with E-state index in [-0.39, 0.29) is 11.8 Å². The summed E-state index contributed by atoms with van der Waals surface area (Å²) in [4.78, 5) is 28.7. The average Bonchev–Trinajstić information content (AvgIpc) is 2.64. The standard InChI is InChI=1S/C19H26ClN3O2/c20-16-8-6-14(7-9-16)17(18(21)24)22-10-12-23(13-11-22)19(25)15-4-2-1-3-5-15/h6-9,15,17H,1-5,10-13H2,(H2,21,24). The molecule has 0 radical (unpaired) electrons. The summed E-state index contributed by atoms with van der Waals surface area (Å²) in [6, 6.07) is 6.77. The number of amides is 2. The van der Waals surface area contributed by atoms with Crippen LogP contribution in [0.25, 0.3) is 0 Å². The van der Waals surface area contributed by atoms with E-state index in [9.17, 15) is 9.59 Å². The van der Waals surface area contributed by atoms with Crippen LogP contribution in [0.4, 0.5) is 0 Å². The van der Waals surface area contributed by atoms with E-state index < -0.39 is 6.04 Å². The van der Waals surface area contributed by atoms with E-state index >= 15 is 0 Å². The molecule has 1 unspecified atom stereocenters. The topological polar surface area (TPSA) is 66.6 Å². The Balaban J connectivity index is 1.62. The number of halogens is 1. The van der Waals surface area contributed by atoms with Crippen LogP contribution in [0.3, 0.4) is 0 Å². The number of benzene rings is 1. The molecule has 1 aliphatic carbocycles. The molecule has 1 aromatic rings. The van der Waals surface area contributed by atoms with Crippen LogP contribution in [0.2, 0.25) is 5.02 Å². The van der Waals surface area contributed by atoms with E-state index in [2.05, 4.69) is 4.90 Å². The number of carbonyl (C=O) groups is 2. The Morgan fingerprint density at radius 1 is 1.00 bits per heavy atom. The van der Waals surface area contributed by atoms with Gasteiger partial charge in [0.2, 0.25) is 11.8 Å². The van der Waals surface area contributed by atoms with Gasteiger partial charge in [-0.25, -0.2) is 0 Å². The number of hydrogen-bond acceptors (Lipinski definition) is 3. The number of nitrogens with zero attached hydrogens (tertiary/aromatic N) is 2. The second-order valence-corrected chi connectivity index (χ2v) is 7.49. The zero-order valence-electron chi connectivity index (χ0n) is 14.5. The lowest BCUT2D eigenvalue weighted by atomic mass is 9.88. The normalized spacial score (nSPS) is 21.1. The highest BCUT2D eigenvalue weighted by Gasteiger charge is 2.32. The molecule has 0 aromatic heterocycles. The predicted molar refractivity (Wildman–Crippen MR) is 98.1 cm³/mol. The van der Waals surface area contributed by atoms with Gasteiger partial charge in [0.05, 0.1) is 0 Å². The van der Waals surface area contributed by atoms with Crippen LogP contribution in [-0.4, -0.2) is 47.8 Å². The van der Waals surface area contributed by atoms with E-state index in [1.165, 1.54) is 6.42 Å². The van der Waals surface area contributed by atoms with Crippen molar-refractivity contribution in [3.63, 3.8) is 0 Å². The van der Waals surface area contributed by atoms with Gasteiger partial charge in [-0.1, -0.05) is 43.0 Å². The van der Waals surface area contributed by atoms with Crippen LogP contribution in [0.1, 0.15) is 43.7 Å². The highest BCUT2D eigenvalue weighted by atomic mass is 35.5. The molecule has 2 N–H and O–H groups in total. The molecule has 1 saturated heterocycles. The van der Waals surface area contributed by atoms with Crippen molar-refractivity contribution < 1.29 is 9.59 Å². The molecule has 1 heterocycles. The molecule has 0 spiro atoms. The summed E-state index contributed by atoms with van der Waals surface area (Å²) in [6.45, 7) is 2.64. The Morgan fingerprint density at radius 2 is 1.60 bits per heavy atom. The lowest BCUT2D eigenvalue weighted by Crippen LogP contribution is -2.53. The molecule has 2 amide bonds. The molecule has 1 aromatic carbocycles. The maximum atomic E-state index is 12.7. The van der Waals surface area contributed by atoms with E-state index in [0.29, 0.717) is 37.1 Å². The first-order valence-electron chi connectivity index (χ1n) is 9.14. The molecule has 6 heteroatoms. The number of carbonyl (C=O) groups excluding carboxylic acids is 2. The van der Waals surface area contributed by atoms with E-state index in [1.54, 1.807) is 12.1 Å². The quantitative estimate of drug-likeness (QED) is 0.894. The summed E-state index contributed by atoms with van der Waals surface area (Å²) in [5.41, 5.74) is 6.51. The Hall–Kier alpha value is -1.59. The predicted octanol–water partition coefficient (Wildman–Crippen LogP) is 2.59. The SMILES string of the molecule is NC(=O)C(c1ccc(Cl)cc1)N1CCN(C(=O)C2CCCCC2)CC1. The lowest BCUT2D eigenvalue weighted by Gasteiger charge is -2.39. The summed E-state index contributed by atoms with van der Waals surface area (Å²) in [6.07, 6.45) is 5.62. The first-order chi connectivity index (χ1) is 12.1. The highest BCUT2D eigenvalue weighted by molar-refractivity contribution is 6.30. The van der Waals surface area contributed by atoms with Crippen LogP contribution in [-0.2, 0) is 9.59 Å². The minimum absolute atomic E-state index is 0.198. The number of primary amides is 1. The molecular weight excluding hydrogens is 338 g/mol. The average molecular weight is 364 g/mol. The zero-order valence-corrected chi connectivity index (χ0v) is 15.3. The van der Waals surface area contributed by atoms with E-state index in [1.807, 2.05) is 17.0 Å². The molecule has 25 heavy (non-hydrogen) atoms. The molecule has 0 bridgehead atoms. The Bertz CT molecular complexity index is 606. The summed E-state index contributed by atoms with van der Waals surface area (Å²) < 4.78 is 0. The second-order valence-electron chi connectivity index (χ2n) is 7.05. The zero-order chi connectivity index (χ0) is 17.8. The Labute approximate surface area is 154 Å². The first-order valence-corrected chi connectivity index (χ1v) is 9.51. The fourth-order valence-corrected chi connectivity index (χ4v) is 4.13. The van der Waals surface area contributed by atoms with Gasteiger partial charge in [0.1, 0.15) is 6.04 Å². The van der Waals surface area contributed by atoms with Gasteiger partial charge in [-0.2, -0.15) is 0 Å². The molecule has 1 atom stereocenters. The minimum Gasteiger partial charge on any atom is -0.368 e. The smallest absolute Gasteiger partial charge is 0.239 e. The summed E-state index contributed by atoms with van der Waals surface area (Å²) in [5.74, 6) is 0.124. The number of hydrogen-bond donors (Lipinski definition) is 1. The Kier molecular flexibility index (Phi) is 5.97. The van der Waals surface area contributed by atoms with Gasteiger partial charge in [-0.15, -0.1) is 0 Å². The van der Waals surface area contributed by atoms with Crippen molar-refractivity contribution in [2.45, 2.75) is 38.1 Å². The summed E-state index contributed by atoms with van der Waals surface area (Å²) in [5, 5.41) is 0.634. The van der Waals surface area contributed by atoms with Gasteiger partial charge >= 0.3 is 0 Å². The third-order valence-electron chi connectivity index (χ3n) is 5.40. The fraction of sp³-hybridized carbons (Fsp3) is 0.579. The van der Waals surface area contributed by atoms with Gasteiger partial charge in [-0.3, -0.25) is 14.5 Å². The van der Waals surface area contributed by atoms with E-state index in [4.69, 9.17) is 17.3 Å². The fourth-order valence-electron chi connectivity index (χ4n) is 4.01. The van der Waals surface area contributed by atoms with Crippen LogP contribution >= 0.6 is 11.6 Å². The van der Waals surface area contributed by atoms with Crippen molar-refractivity contribution in [1.82, 2.24) is 9.80 Å². The molecule has 2 fully saturated rings. The van der Waals surface area contributed by atoms with Gasteiger partial charge in [0.25, 0.3) is 0 Å². The van der Waals surface area contributed by atoms with Crippen LogP contribution in [0.15, 0.2) is 24.3 Å². The number of piperazine rings is 1. The third kappa shape index (κ3) is 4.33. The monoisotopic (exact) mass is 363 g/mol. The van der Waals surface area contributed by atoms with Crippen molar-refractivity contribution in [3.8, 4) is 0 Å². The van der Waals surface area contributed by atoms with Gasteiger partial charge < -0.3 is 10.6 Å². The lowest BCUT2D eigenvalue weighted by molar-refractivity contribution is -0.139. The molecule has 3 rings (SSSR count). The van der Waals surface area contributed by atoms with Crippen molar-refractivity contribution in [1.29, 1.82) is 0 Å². The van der Waals surface area contributed by atoms with Crippen molar-refractivity contribution in [2.24, 2.45) is 11.7 Å². The molecule has 2 aliphatic rings. The summed E-state index contributed by atoms with van der Waals surface area (Å²) in [7, 11) is 0. The van der Waals surface area contributed by atoms with Gasteiger partial charge in [-0.05, 0) is 30.5 Å². The molecule has 1 aliphatic heterocycles. The van der Waals surface area contributed by atoms with Crippen molar-refractivity contribution in [3.05, 3.63) is 34.9 Å². The van der Waals surface area contributed by atoms with Gasteiger partial charge in [0.15, 0.2) is 0 Å². The molecule has 5 nitrogen and oxygen atoms in total. The number of nitrogens with two attached hydrogens (primary N) is 1.